The van der Waals surface area contributed by atoms with Crippen LogP contribution in [0.5, 0.6) is 0 Å². The number of nitrogens with two attached hydrogens (primary N) is 1. The quantitative estimate of drug-likeness (QED) is 0.672. The van der Waals surface area contributed by atoms with Gasteiger partial charge in [0.05, 0.1) is 11.0 Å². The Bertz CT molecular complexity index is 471. The Morgan fingerprint density at radius 1 is 1.26 bits per heavy atom. The molecule has 4 nitrogen and oxygen atoms in total. The number of non-ortho nitro benzene ring substituents is 1. The monoisotopic (exact) mass is 266 g/mol. The third kappa shape index (κ3) is 3.29. The van der Waals surface area contributed by atoms with Gasteiger partial charge in [-0.05, 0) is 42.9 Å². The number of rotatable bonds is 4. The van der Waals surface area contributed by atoms with Crippen molar-refractivity contribution in [3.05, 3.63) is 39.7 Å². The number of hydrogen-bond donors (Lipinski definition) is 1. The fourth-order valence-corrected chi connectivity index (χ4v) is 3.03. The van der Waals surface area contributed by atoms with E-state index in [9.17, 15) is 14.5 Å². The van der Waals surface area contributed by atoms with E-state index in [0.717, 1.165) is 31.7 Å². The predicted molar refractivity (Wildman–Crippen MR) is 71.3 cm³/mol. The van der Waals surface area contributed by atoms with Gasteiger partial charge >= 0.3 is 0 Å². The zero-order valence-corrected chi connectivity index (χ0v) is 10.9. The number of halogens is 1. The van der Waals surface area contributed by atoms with E-state index < -0.39 is 10.7 Å². The molecule has 1 aliphatic carbocycles. The summed E-state index contributed by atoms with van der Waals surface area (Å²) in [6.07, 6.45) is 6.15. The highest BCUT2D eigenvalue weighted by Gasteiger charge is 2.31. The number of nitro benzene ring substituents is 1. The van der Waals surface area contributed by atoms with Crippen LogP contribution < -0.4 is 5.73 Å². The van der Waals surface area contributed by atoms with E-state index in [1.807, 2.05) is 0 Å². The molecule has 0 radical (unpaired) electrons. The standard InChI is InChI=1S/C14H19FN2O2/c15-12-6-11(7-13(8-12)17(18)19)9-14(10-16)4-2-1-3-5-14/h6-8H,1-5,9-10,16H2. The van der Waals surface area contributed by atoms with Gasteiger partial charge in [-0.2, -0.15) is 0 Å². The Kier molecular flexibility index (Phi) is 4.14. The number of benzene rings is 1. The van der Waals surface area contributed by atoms with Crippen molar-refractivity contribution in [1.29, 1.82) is 0 Å². The first-order valence-corrected chi connectivity index (χ1v) is 6.69. The first-order chi connectivity index (χ1) is 9.04. The molecule has 0 heterocycles. The third-order valence-corrected chi connectivity index (χ3v) is 4.08. The number of nitro groups is 1. The van der Waals surface area contributed by atoms with Crippen LogP contribution >= 0.6 is 0 Å². The van der Waals surface area contributed by atoms with Crippen LogP contribution in [-0.4, -0.2) is 11.5 Å². The molecule has 0 amide bonds. The smallest absolute Gasteiger partial charge is 0.272 e. The molecule has 1 aliphatic rings. The molecule has 1 aromatic rings. The van der Waals surface area contributed by atoms with Crippen LogP contribution in [0.3, 0.4) is 0 Å². The van der Waals surface area contributed by atoms with Crippen molar-refractivity contribution in [3.8, 4) is 0 Å². The fourth-order valence-electron chi connectivity index (χ4n) is 3.03. The predicted octanol–water partition coefficient (Wildman–Crippen LogP) is 3.19. The van der Waals surface area contributed by atoms with Gasteiger partial charge in [0.15, 0.2) is 0 Å². The van der Waals surface area contributed by atoms with Crippen molar-refractivity contribution < 1.29 is 9.31 Å². The summed E-state index contributed by atoms with van der Waals surface area (Å²) in [6, 6.07) is 3.81. The van der Waals surface area contributed by atoms with Crippen molar-refractivity contribution in [1.82, 2.24) is 0 Å². The summed E-state index contributed by atoms with van der Waals surface area (Å²) >= 11 is 0. The first-order valence-electron chi connectivity index (χ1n) is 6.69. The van der Waals surface area contributed by atoms with Crippen LogP contribution in [-0.2, 0) is 6.42 Å². The van der Waals surface area contributed by atoms with Gasteiger partial charge in [-0.25, -0.2) is 4.39 Å². The average molecular weight is 266 g/mol. The molecule has 1 fully saturated rings. The van der Waals surface area contributed by atoms with Gasteiger partial charge in [0.25, 0.3) is 5.69 Å². The lowest BCUT2D eigenvalue weighted by Crippen LogP contribution is -2.34. The van der Waals surface area contributed by atoms with Gasteiger partial charge in [0, 0.05) is 6.07 Å². The summed E-state index contributed by atoms with van der Waals surface area (Å²) in [4.78, 5) is 10.2. The molecule has 5 heteroatoms. The van der Waals surface area contributed by atoms with Gasteiger partial charge in [-0.3, -0.25) is 10.1 Å². The molecule has 1 aromatic carbocycles. The third-order valence-electron chi connectivity index (χ3n) is 4.08. The first kappa shape index (κ1) is 13.9. The molecule has 0 unspecified atom stereocenters. The van der Waals surface area contributed by atoms with E-state index in [-0.39, 0.29) is 11.1 Å². The van der Waals surface area contributed by atoms with E-state index in [4.69, 9.17) is 5.73 Å². The van der Waals surface area contributed by atoms with Crippen molar-refractivity contribution in [2.45, 2.75) is 38.5 Å². The van der Waals surface area contributed by atoms with Crippen LogP contribution in [0, 0.1) is 21.3 Å². The largest absolute Gasteiger partial charge is 0.330 e. The highest BCUT2D eigenvalue weighted by Crippen LogP contribution is 2.38. The lowest BCUT2D eigenvalue weighted by atomic mass is 9.70. The van der Waals surface area contributed by atoms with Crippen molar-refractivity contribution in [2.24, 2.45) is 11.1 Å². The lowest BCUT2D eigenvalue weighted by Gasteiger charge is -2.36. The maximum Gasteiger partial charge on any atom is 0.272 e. The van der Waals surface area contributed by atoms with Gasteiger partial charge in [-0.15, -0.1) is 0 Å². The molecule has 0 aliphatic heterocycles. The summed E-state index contributed by atoms with van der Waals surface area (Å²) in [6.45, 7) is 0.553. The van der Waals surface area contributed by atoms with Crippen LogP contribution in [0.1, 0.15) is 37.7 Å². The Hall–Kier alpha value is -1.49. The van der Waals surface area contributed by atoms with Gasteiger partial charge < -0.3 is 5.73 Å². The molecule has 0 spiro atoms. The zero-order valence-electron chi connectivity index (χ0n) is 10.9. The van der Waals surface area contributed by atoms with E-state index in [2.05, 4.69) is 0 Å². The summed E-state index contributed by atoms with van der Waals surface area (Å²) in [5.41, 5.74) is 6.38. The molecule has 2 rings (SSSR count). The second-order valence-corrected chi connectivity index (χ2v) is 5.52. The van der Waals surface area contributed by atoms with E-state index in [1.165, 1.54) is 18.6 Å². The summed E-state index contributed by atoms with van der Waals surface area (Å²) in [5, 5.41) is 10.8. The Balaban J connectivity index is 2.23. The minimum absolute atomic E-state index is 0.0140. The molecule has 1 saturated carbocycles. The van der Waals surface area contributed by atoms with Gasteiger partial charge in [0.1, 0.15) is 5.82 Å². The molecule has 0 saturated heterocycles. The molecule has 0 bridgehead atoms. The zero-order chi connectivity index (χ0) is 13.9. The number of nitrogens with zero attached hydrogens (tertiary/aromatic N) is 1. The molecule has 104 valence electrons. The highest BCUT2D eigenvalue weighted by molar-refractivity contribution is 5.35. The second kappa shape index (κ2) is 5.65. The summed E-state index contributed by atoms with van der Waals surface area (Å²) < 4.78 is 13.4. The maximum absolute atomic E-state index is 13.4. The summed E-state index contributed by atoms with van der Waals surface area (Å²) in [5.74, 6) is -0.549. The van der Waals surface area contributed by atoms with Crippen LogP contribution in [0.2, 0.25) is 0 Å². The Labute approximate surface area is 112 Å². The van der Waals surface area contributed by atoms with Crippen LogP contribution in [0.15, 0.2) is 18.2 Å². The Morgan fingerprint density at radius 3 is 2.53 bits per heavy atom. The Morgan fingerprint density at radius 2 is 1.95 bits per heavy atom. The molecule has 0 aromatic heterocycles. The normalized spacial score (nSPS) is 18.2. The highest BCUT2D eigenvalue weighted by atomic mass is 19.1. The number of hydrogen-bond acceptors (Lipinski definition) is 3. The molecular formula is C14H19FN2O2. The minimum Gasteiger partial charge on any atom is -0.330 e. The van der Waals surface area contributed by atoms with E-state index in [0.29, 0.717) is 18.5 Å². The molecule has 19 heavy (non-hydrogen) atoms. The second-order valence-electron chi connectivity index (χ2n) is 5.52. The van der Waals surface area contributed by atoms with Gasteiger partial charge in [-0.1, -0.05) is 19.3 Å². The molecular weight excluding hydrogens is 247 g/mol. The SMILES string of the molecule is NCC1(Cc2cc(F)cc([N+](=O)[O-])c2)CCCCC1. The van der Waals surface area contributed by atoms with E-state index >= 15 is 0 Å². The average Bonchev–Trinajstić information content (AvgIpc) is 2.39. The van der Waals surface area contributed by atoms with E-state index in [1.54, 1.807) is 0 Å². The lowest BCUT2D eigenvalue weighted by molar-refractivity contribution is -0.385. The summed E-state index contributed by atoms with van der Waals surface area (Å²) in [7, 11) is 0. The minimum atomic E-state index is -0.553. The van der Waals surface area contributed by atoms with Crippen molar-refractivity contribution in [3.63, 3.8) is 0 Å². The van der Waals surface area contributed by atoms with Gasteiger partial charge in [0.2, 0.25) is 0 Å². The fraction of sp³-hybridized carbons (Fsp3) is 0.571. The van der Waals surface area contributed by atoms with Crippen LogP contribution in [0.4, 0.5) is 10.1 Å². The molecule has 2 N–H and O–H groups in total. The topological polar surface area (TPSA) is 69.2 Å². The van der Waals surface area contributed by atoms with Crippen LogP contribution in [0.25, 0.3) is 0 Å². The molecule has 0 atom stereocenters. The van der Waals surface area contributed by atoms with Crippen molar-refractivity contribution >= 4 is 5.69 Å². The van der Waals surface area contributed by atoms with Crippen molar-refractivity contribution in [2.75, 3.05) is 6.54 Å². The maximum atomic E-state index is 13.4.